The molecule has 0 spiro atoms. The largest absolute Gasteiger partial charge is 0.378 e. The first kappa shape index (κ1) is 28.0. The van der Waals surface area contributed by atoms with Gasteiger partial charge in [0, 0.05) is 47.4 Å². The number of rotatable bonds is 6. The summed E-state index contributed by atoms with van der Waals surface area (Å²) in [5.41, 5.74) is 6.46. The van der Waals surface area contributed by atoms with Gasteiger partial charge in [-0.3, -0.25) is 9.59 Å². The Hall–Kier alpha value is -4.56. The van der Waals surface area contributed by atoms with Crippen molar-refractivity contribution in [3.8, 4) is 11.3 Å². The molecule has 2 N–H and O–H groups in total. The number of morpholine rings is 1. The maximum absolute atomic E-state index is 13.0. The Morgan fingerprint density at radius 1 is 0.878 bits per heavy atom. The summed E-state index contributed by atoms with van der Waals surface area (Å²) in [6.45, 7) is 10.8. The van der Waals surface area contributed by atoms with Gasteiger partial charge in [-0.15, -0.1) is 0 Å². The minimum absolute atomic E-state index is 0.00228. The van der Waals surface area contributed by atoms with Gasteiger partial charge in [0.1, 0.15) is 0 Å². The maximum Gasteiger partial charge on any atom is 0.255 e. The van der Waals surface area contributed by atoms with E-state index in [2.05, 4.69) is 36.4 Å². The number of nitrogens with zero attached hydrogens (tertiary/aromatic N) is 3. The van der Waals surface area contributed by atoms with Crippen LogP contribution in [0.4, 0.5) is 17.3 Å². The summed E-state index contributed by atoms with van der Waals surface area (Å²) in [5.74, 6) is 0.274. The highest BCUT2D eigenvalue weighted by Crippen LogP contribution is 2.29. The molecule has 0 atom stereocenters. The summed E-state index contributed by atoms with van der Waals surface area (Å²) >= 11 is 0. The minimum Gasteiger partial charge on any atom is -0.378 e. The lowest BCUT2D eigenvalue weighted by atomic mass is 9.86. The molecule has 1 aliphatic heterocycles. The smallest absolute Gasteiger partial charge is 0.255 e. The van der Waals surface area contributed by atoms with Crippen molar-refractivity contribution in [2.75, 3.05) is 36.9 Å². The molecule has 1 aliphatic rings. The van der Waals surface area contributed by atoms with E-state index in [1.165, 1.54) is 5.56 Å². The predicted octanol–water partition coefficient (Wildman–Crippen LogP) is 6.22. The molecule has 4 aromatic rings. The lowest BCUT2D eigenvalue weighted by molar-refractivity contribution is 0.0303. The highest BCUT2D eigenvalue weighted by molar-refractivity contribution is 6.05. The molecule has 0 radical (unpaired) electrons. The van der Waals surface area contributed by atoms with Gasteiger partial charge in [0.2, 0.25) is 5.95 Å². The van der Waals surface area contributed by atoms with Crippen molar-refractivity contribution in [2.24, 2.45) is 0 Å². The number of carbonyl (C=O) groups is 2. The fraction of sp³-hybridized carbons (Fsp3) is 0.273. The second-order valence-corrected chi connectivity index (χ2v) is 11.1. The summed E-state index contributed by atoms with van der Waals surface area (Å²) < 4.78 is 5.34. The molecule has 1 aromatic heterocycles. The zero-order valence-electron chi connectivity index (χ0n) is 23.9. The second-order valence-electron chi connectivity index (χ2n) is 11.1. The first-order valence-electron chi connectivity index (χ1n) is 13.8. The Balaban J connectivity index is 1.29. The molecule has 1 saturated heterocycles. The van der Waals surface area contributed by atoms with Crippen LogP contribution in [0.5, 0.6) is 0 Å². The van der Waals surface area contributed by atoms with Crippen molar-refractivity contribution in [3.05, 3.63) is 101 Å². The summed E-state index contributed by atoms with van der Waals surface area (Å²) in [7, 11) is 0. The Morgan fingerprint density at radius 3 is 2.24 bits per heavy atom. The average molecular weight is 550 g/mol. The van der Waals surface area contributed by atoms with E-state index in [1.807, 2.05) is 67.6 Å². The van der Waals surface area contributed by atoms with Crippen LogP contribution in [-0.2, 0) is 10.2 Å². The number of benzene rings is 3. The SMILES string of the molecule is Cc1c(NC(=O)c2ccc(C(C)(C)C)cc2)cccc1-c1ccnc(Nc2ccc(C(=O)N3CCOCC3)cc2)n1. The van der Waals surface area contributed by atoms with E-state index in [-0.39, 0.29) is 17.2 Å². The fourth-order valence-electron chi connectivity index (χ4n) is 4.71. The van der Waals surface area contributed by atoms with Gasteiger partial charge in [-0.25, -0.2) is 9.97 Å². The van der Waals surface area contributed by atoms with Gasteiger partial charge in [-0.1, -0.05) is 45.0 Å². The second kappa shape index (κ2) is 11.9. The van der Waals surface area contributed by atoms with Gasteiger partial charge in [0.25, 0.3) is 11.8 Å². The molecule has 0 aliphatic carbocycles. The lowest BCUT2D eigenvalue weighted by Crippen LogP contribution is -2.40. The lowest BCUT2D eigenvalue weighted by Gasteiger charge is -2.26. The van der Waals surface area contributed by atoms with E-state index in [1.54, 1.807) is 23.2 Å². The van der Waals surface area contributed by atoms with Crippen molar-refractivity contribution in [2.45, 2.75) is 33.1 Å². The highest BCUT2D eigenvalue weighted by atomic mass is 16.5. The third-order valence-corrected chi connectivity index (χ3v) is 7.21. The minimum atomic E-state index is -0.161. The van der Waals surface area contributed by atoms with Crippen LogP contribution in [0.25, 0.3) is 11.3 Å². The van der Waals surface area contributed by atoms with Gasteiger partial charge in [-0.05, 0) is 72.0 Å². The zero-order chi connectivity index (χ0) is 29.0. The van der Waals surface area contributed by atoms with E-state index in [9.17, 15) is 9.59 Å². The number of carbonyl (C=O) groups excluding carboxylic acids is 2. The van der Waals surface area contributed by atoms with Crippen LogP contribution >= 0.6 is 0 Å². The van der Waals surface area contributed by atoms with Crippen molar-refractivity contribution < 1.29 is 14.3 Å². The molecule has 0 saturated carbocycles. The Bertz CT molecular complexity index is 1540. The Morgan fingerprint density at radius 2 is 1.56 bits per heavy atom. The van der Waals surface area contributed by atoms with Crippen LogP contribution in [-0.4, -0.2) is 53.0 Å². The predicted molar refractivity (Wildman–Crippen MR) is 162 cm³/mol. The number of aromatic nitrogens is 2. The van der Waals surface area contributed by atoms with Crippen LogP contribution in [0.1, 0.15) is 52.6 Å². The summed E-state index contributed by atoms with van der Waals surface area (Å²) in [4.78, 5) is 36.6. The molecule has 8 nitrogen and oxygen atoms in total. The molecule has 0 unspecified atom stereocenters. The van der Waals surface area contributed by atoms with Crippen LogP contribution in [0, 0.1) is 6.92 Å². The number of hydrogen-bond donors (Lipinski definition) is 2. The number of nitrogens with one attached hydrogen (secondary N) is 2. The van der Waals surface area contributed by atoms with Crippen LogP contribution in [0.2, 0.25) is 0 Å². The van der Waals surface area contributed by atoms with Crippen LogP contribution in [0.3, 0.4) is 0 Å². The van der Waals surface area contributed by atoms with Crippen molar-refractivity contribution in [1.82, 2.24) is 14.9 Å². The summed E-state index contributed by atoms with van der Waals surface area (Å²) in [6, 6.07) is 22.6. The van der Waals surface area contributed by atoms with E-state index in [0.717, 1.165) is 28.2 Å². The molecular formula is C33H35N5O3. The Labute approximate surface area is 240 Å². The fourth-order valence-corrected chi connectivity index (χ4v) is 4.71. The molecular weight excluding hydrogens is 514 g/mol. The first-order chi connectivity index (χ1) is 19.7. The first-order valence-corrected chi connectivity index (χ1v) is 13.8. The van der Waals surface area contributed by atoms with Gasteiger partial charge < -0.3 is 20.3 Å². The number of hydrogen-bond acceptors (Lipinski definition) is 6. The summed E-state index contributed by atoms with van der Waals surface area (Å²) in [6.07, 6.45) is 1.70. The van der Waals surface area contributed by atoms with Gasteiger partial charge >= 0.3 is 0 Å². The number of anilines is 3. The highest BCUT2D eigenvalue weighted by Gasteiger charge is 2.19. The molecule has 1 fully saturated rings. The molecule has 2 heterocycles. The third kappa shape index (κ3) is 6.61. The van der Waals surface area contributed by atoms with Crippen LogP contribution in [0.15, 0.2) is 79.0 Å². The van der Waals surface area contributed by atoms with Gasteiger partial charge in [0.15, 0.2) is 0 Å². The van der Waals surface area contributed by atoms with E-state index < -0.39 is 0 Å². The van der Waals surface area contributed by atoms with E-state index in [4.69, 9.17) is 9.72 Å². The standard InChI is InChI=1S/C33H35N5O3/c1-22-27(6-5-7-28(22)36-30(39)23-8-12-25(13-9-23)33(2,3)4)29-16-17-34-32(37-29)35-26-14-10-24(11-15-26)31(40)38-18-20-41-21-19-38/h5-17H,18-21H2,1-4H3,(H,36,39)(H,34,35,37). The zero-order valence-corrected chi connectivity index (χ0v) is 23.9. The van der Waals surface area contributed by atoms with Crippen molar-refractivity contribution >= 4 is 29.1 Å². The molecule has 2 amide bonds. The quantitative estimate of drug-likeness (QED) is 0.297. The molecule has 3 aromatic carbocycles. The Kier molecular flexibility index (Phi) is 8.12. The van der Waals surface area contributed by atoms with Gasteiger partial charge in [-0.2, -0.15) is 0 Å². The molecule has 41 heavy (non-hydrogen) atoms. The van der Waals surface area contributed by atoms with E-state index in [0.29, 0.717) is 43.4 Å². The number of ether oxygens (including phenoxy) is 1. The topological polar surface area (TPSA) is 96.5 Å². The monoisotopic (exact) mass is 549 g/mol. The third-order valence-electron chi connectivity index (χ3n) is 7.21. The summed E-state index contributed by atoms with van der Waals surface area (Å²) in [5, 5.41) is 6.28. The molecule has 210 valence electrons. The van der Waals surface area contributed by atoms with Crippen molar-refractivity contribution in [1.29, 1.82) is 0 Å². The molecule has 8 heteroatoms. The normalized spacial score (nSPS) is 13.5. The number of amides is 2. The van der Waals surface area contributed by atoms with E-state index >= 15 is 0 Å². The average Bonchev–Trinajstić information content (AvgIpc) is 2.98. The molecule has 5 rings (SSSR count). The van der Waals surface area contributed by atoms with Gasteiger partial charge in [0.05, 0.1) is 18.9 Å². The van der Waals surface area contributed by atoms with Crippen molar-refractivity contribution in [3.63, 3.8) is 0 Å². The van der Waals surface area contributed by atoms with Crippen LogP contribution < -0.4 is 10.6 Å². The molecule has 0 bridgehead atoms. The maximum atomic E-state index is 13.0.